The van der Waals surface area contributed by atoms with Crippen molar-refractivity contribution in [2.75, 3.05) is 39.3 Å². The summed E-state index contributed by atoms with van der Waals surface area (Å²) >= 11 is 0. The van der Waals surface area contributed by atoms with Gasteiger partial charge in [-0.15, -0.1) is 0 Å². The van der Waals surface area contributed by atoms with Crippen LogP contribution in [0.5, 0.6) is 0 Å². The average molecular weight is 678 g/mol. The first-order valence-corrected chi connectivity index (χ1v) is 18.7. The van der Waals surface area contributed by atoms with Crippen molar-refractivity contribution >= 4 is 39.6 Å². The summed E-state index contributed by atoms with van der Waals surface area (Å²) < 4.78 is 33.4. The second kappa shape index (κ2) is 14.8. The number of benzene rings is 1. The minimum Gasteiger partial charge on any atom is -0.446 e. The molecule has 1 aromatic carbocycles. The molecule has 1 saturated heterocycles. The van der Waals surface area contributed by atoms with Crippen molar-refractivity contribution in [2.24, 2.45) is 22.4 Å². The first-order chi connectivity index (χ1) is 23.2. The van der Waals surface area contributed by atoms with Crippen molar-refractivity contribution in [2.45, 2.75) is 81.8 Å². The number of ether oxygens (including phenoxy) is 1. The maximum atomic E-state index is 13.9. The SMILES string of the molecule is CCCN(CCCN(C(=O)OC1CCC1)C1CCC1)C(=O)C1=Cc2ccc(-c3cncc(S(=O)(=O)N4CC(CN)C4)c3)cc2N=C(N)C1. The summed E-state index contributed by atoms with van der Waals surface area (Å²) in [5, 5.41) is 0. The minimum atomic E-state index is -3.67. The Labute approximate surface area is 283 Å². The minimum absolute atomic E-state index is 0.0460. The number of nitrogens with zero attached hydrogens (tertiary/aromatic N) is 5. The van der Waals surface area contributed by atoms with Crippen molar-refractivity contribution in [3.8, 4) is 11.1 Å². The van der Waals surface area contributed by atoms with Crippen LogP contribution in [0.3, 0.4) is 0 Å². The fraction of sp³-hybridized carbons (Fsp3) is 0.543. The quantitative estimate of drug-likeness (QED) is 0.317. The number of aromatic nitrogens is 1. The van der Waals surface area contributed by atoms with Gasteiger partial charge in [0.2, 0.25) is 15.9 Å². The molecule has 0 spiro atoms. The van der Waals surface area contributed by atoms with Crippen LogP contribution >= 0.6 is 0 Å². The van der Waals surface area contributed by atoms with E-state index in [0.29, 0.717) is 68.3 Å². The third kappa shape index (κ3) is 7.42. The van der Waals surface area contributed by atoms with Gasteiger partial charge in [0.1, 0.15) is 16.8 Å². The summed E-state index contributed by atoms with van der Waals surface area (Å²) in [5.41, 5.74) is 15.3. The van der Waals surface area contributed by atoms with E-state index in [-0.39, 0.29) is 41.4 Å². The van der Waals surface area contributed by atoms with Gasteiger partial charge in [0.25, 0.3) is 0 Å². The fourth-order valence-corrected chi connectivity index (χ4v) is 8.06. The van der Waals surface area contributed by atoms with E-state index in [9.17, 15) is 18.0 Å². The molecule has 4 aliphatic rings. The molecule has 2 saturated carbocycles. The van der Waals surface area contributed by atoms with E-state index in [4.69, 9.17) is 16.2 Å². The number of amidine groups is 1. The summed E-state index contributed by atoms with van der Waals surface area (Å²) in [6.45, 7) is 4.98. The zero-order valence-corrected chi connectivity index (χ0v) is 28.5. The van der Waals surface area contributed by atoms with Crippen molar-refractivity contribution in [3.05, 3.63) is 47.8 Å². The second-order valence-electron chi connectivity index (χ2n) is 13.4. The van der Waals surface area contributed by atoms with Gasteiger partial charge in [-0.2, -0.15) is 4.31 Å². The highest BCUT2D eigenvalue weighted by Crippen LogP contribution is 2.34. The zero-order chi connectivity index (χ0) is 33.8. The highest BCUT2D eigenvalue weighted by Gasteiger charge is 2.36. The lowest BCUT2D eigenvalue weighted by atomic mass is 9.91. The number of sulfonamides is 1. The summed E-state index contributed by atoms with van der Waals surface area (Å²) in [4.78, 5) is 39.6. The van der Waals surface area contributed by atoms with Crippen LogP contribution in [0.1, 0.15) is 70.3 Å². The molecule has 4 N–H and O–H groups in total. The predicted octanol–water partition coefficient (Wildman–Crippen LogP) is 4.28. The van der Waals surface area contributed by atoms with Crippen LogP contribution in [0.25, 0.3) is 17.2 Å². The summed E-state index contributed by atoms with van der Waals surface area (Å²) in [6, 6.07) is 7.43. The summed E-state index contributed by atoms with van der Waals surface area (Å²) in [7, 11) is -3.67. The van der Waals surface area contributed by atoms with Gasteiger partial charge in [-0.25, -0.2) is 18.2 Å². The lowest BCUT2D eigenvalue weighted by Crippen LogP contribution is -2.52. The van der Waals surface area contributed by atoms with Gasteiger partial charge in [0.05, 0.1) is 5.69 Å². The maximum Gasteiger partial charge on any atom is 0.410 e. The number of fused-ring (bicyclic) bond motifs is 1. The Balaban J connectivity index is 1.15. The molecule has 13 heteroatoms. The smallest absolute Gasteiger partial charge is 0.410 e. The van der Waals surface area contributed by atoms with Gasteiger partial charge in [-0.05, 0) is 87.6 Å². The van der Waals surface area contributed by atoms with Gasteiger partial charge >= 0.3 is 6.09 Å². The molecule has 0 atom stereocenters. The van der Waals surface area contributed by atoms with Crippen LogP contribution in [-0.2, 0) is 19.6 Å². The van der Waals surface area contributed by atoms with Crippen molar-refractivity contribution < 1.29 is 22.7 Å². The second-order valence-corrected chi connectivity index (χ2v) is 15.4. The largest absolute Gasteiger partial charge is 0.446 e. The van der Waals surface area contributed by atoms with Gasteiger partial charge in [0.15, 0.2) is 0 Å². The Morgan fingerprint density at radius 1 is 1.02 bits per heavy atom. The van der Waals surface area contributed by atoms with Crippen molar-refractivity contribution in [3.63, 3.8) is 0 Å². The molecular formula is C35H47N7O5S. The fourth-order valence-electron chi connectivity index (χ4n) is 6.48. The van der Waals surface area contributed by atoms with Gasteiger partial charge in [0, 0.05) is 74.3 Å². The Hall–Kier alpha value is -3.81. The monoisotopic (exact) mass is 677 g/mol. The average Bonchev–Trinajstić information content (AvgIpc) is 3.17. The number of carbonyl (C=O) groups excluding carboxylic acids is 2. The number of amides is 2. The molecule has 1 aromatic heterocycles. The van der Waals surface area contributed by atoms with Gasteiger partial charge in [-0.1, -0.05) is 19.1 Å². The third-order valence-corrected chi connectivity index (χ3v) is 11.7. The van der Waals surface area contributed by atoms with E-state index in [1.165, 1.54) is 10.5 Å². The highest BCUT2D eigenvalue weighted by atomic mass is 32.2. The molecule has 2 amide bonds. The molecule has 48 heavy (non-hydrogen) atoms. The molecule has 0 unspecified atom stereocenters. The van der Waals surface area contributed by atoms with E-state index >= 15 is 0 Å². The number of hydrogen-bond donors (Lipinski definition) is 2. The van der Waals surface area contributed by atoms with Crippen LogP contribution in [0.15, 0.2) is 52.1 Å². The van der Waals surface area contributed by atoms with Crippen LogP contribution in [-0.4, -0.2) is 96.8 Å². The number of aliphatic imine (C=N–C) groups is 1. The van der Waals surface area contributed by atoms with E-state index in [0.717, 1.165) is 56.1 Å². The third-order valence-electron chi connectivity index (χ3n) is 9.89. The van der Waals surface area contributed by atoms with Crippen molar-refractivity contribution in [1.82, 2.24) is 19.1 Å². The summed E-state index contributed by atoms with van der Waals surface area (Å²) in [5.74, 6) is 0.403. The van der Waals surface area contributed by atoms with E-state index in [1.54, 1.807) is 12.3 Å². The number of hydrogen-bond acceptors (Lipinski definition) is 9. The van der Waals surface area contributed by atoms with Gasteiger partial charge < -0.3 is 26.0 Å². The molecular weight excluding hydrogens is 630 g/mol. The normalized spacial score (nSPS) is 18.7. The molecule has 2 aliphatic heterocycles. The standard InChI is InChI=1S/C35H47N7O5S/c1-2-12-40(13-5-14-42(29-6-3-7-29)35(44)47-30-8-4-9-30)34(43)27-15-26-11-10-25(17-32(26)39-33(37)18-27)28-16-31(21-38-20-28)48(45,46)41-22-24(19-36)23-41/h10-11,15-17,20-21,24,29-30H,2-9,12-14,18-19,22-23,36H2,1H3,(H2,37,39). The lowest BCUT2D eigenvalue weighted by molar-refractivity contribution is -0.127. The number of rotatable bonds is 13. The topological polar surface area (TPSA) is 165 Å². The first kappa shape index (κ1) is 34.1. The molecule has 12 nitrogen and oxygen atoms in total. The first-order valence-electron chi connectivity index (χ1n) is 17.3. The molecule has 258 valence electrons. The van der Waals surface area contributed by atoms with E-state index in [1.807, 2.05) is 41.0 Å². The number of nitrogens with two attached hydrogens (primary N) is 2. The molecule has 0 radical (unpaired) electrons. The van der Waals surface area contributed by atoms with Crippen LogP contribution in [0.4, 0.5) is 10.5 Å². The van der Waals surface area contributed by atoms with E-state index < -0.39 is 10.0 Å². The van der Waals surface area contributed by atoms with Gasteiger partial charge in [-0.3, -0.25) is 9.78 Å². The van der Waals surface area contributed by atoms with E-state index in [2.05, 4.69) is 9.98 Å². The Morgan fingerprint density at radius 3 is 2.46 bits per heavy atom. The molecule has 6 rings (SSSR count). The Bertz CT molecular complexity index is 1680. The molecule has 2 aliphatic carbocycles. The lowest BCUT2D eigenvalue weighted by Gasteiger charge is -2.39. The van der Waals surface area contributed by atoms with Crippen LogP contribution < -0.4 is 11.5 Å². The number of pyridine rings is 1. The zero-order valence-electron chi connectivity index (χ0n) is 27.7. The maximum absolute atomic E-state index is 13.9. The highest BCUT2D eigenvalue weighted by molar-refractivity contribution is 7.89. The number of carbonyl (C=O) groups is 2. The molecule has 3 fully saturated rings. The molecule has 0 bridgehead atoms. The Morgan fingerprint density at radius 2 is 1.79 bits per heavy atom. The van der Waals surface area contributed by atoms with Crippen LogP contribution in [0, 0.1) is 5.92 Å². The Kier molecular flexibility index (Phi) is 10.5. The predicted molar refractivity (Wildman–Crippen MR) is 185 cm³/mol. The molecule has 2 aromatic rings. The van der Waals surface area contributed by atoms with Crippen molar-refractivity contribution in [1.29, 1.82) is 0 Å². The summed E-state index contributed by atoms with van der Waals surface area (Å²) in [6.07, 6.45) is 12.4. The molecule has 3 heterocycles. The van der Waals surface area contributed by atoms with Crippen LogP contribution in [0.2, 0.25) is 0 Å².